The van der Waals surface area contributed by atoms with E-state index >= 15 is 0 Å². The van der Waals surface area contributed by atoms with Gasteiger partial charge in [0, 0.05) is 0 Å². The molecule has 0 aliphatic heterocycles. The summed E-state index contributed by atoms with van der Waals surface area (Å²) < 4.78 is 37.0. The fourth-order valence-electron chi connectivity index (χ4n) is 4.95. The lowest BCUT2D eigenvalue weighted by atomic mass is 10.0. The molecule has 0 fully saturated rings. The maximum absolute atomic E-state index is 14.3. The van der Waals surface area contributed by atoms with E-state index in [2.05, 4.69) is 50.1 Å². The molecule has 7 nitrogen and oxygen atoms in total. The van der Waals surface area contributed by atoms with Gasteiger partial charge in [-0.05, 0) is 53.5 Å². The van der Waals surface area contributed by atoms with E-state index in [1.54, 1.807) is 0 Å². The Morgan fingerprint density at radius 3 is 1.97 bits per heavy atom. The van der Waals surface area contributed by atoms with Crippen molar-refractivity contribution in [3.05, 3.63) is 30.3 Å². The van der Waals surface area contributed by atoms with Crippen molar-refractivity contribution < 1.29 is 12.8 Å². The molecule has 1 heterocycles. The van der Waals surface area contributed by atoms with Crippen LogP contribution in [-0.2, 0) is 14.3 Å². The number of aromatic nitrogens is 4. The SMILES string of the molecule is CCCCCC[C@H](O[Si](CC)(CC)CC)[C@H](CCCCCC)S(=O)(=O)c1nnnn1-c1ccccc1. The van der Waals surface area contributed by atoms with Crippen LogP contribution in [0.1, 0.15) is 98.8 Å². The second-order valence-electron chi connectivity index (χ2n) is 9.89. The first kappa shape index (κ1) is 30.6. The van der Waals surface area contributed by atoms with Crippen LogP contribution >= 0.6 is 0 Å². The van der Waals surface area contributed by atoms with Crippen molar-refractivity contribution in [3.63, 3.8) is 0 Å². The Morgan fingerprint density at radius 1 is 0.833 bits per heavy atom. The number of unbranched alkanes of at least 4 members (excludes halogenated alkanes) is 6. The van der Waals surface area contributed by atoms with Crippen LogP contribution in [0.15, 0.2) is 35.5 Å². The number of hydrogen-bond donors (Lipinski definition) is 0. The third kappa shape index (κ3) is 8.21. The van der Waals surface area contributed by atoms with Crippen molar-refractivity contribution in [2.75, 3.05) is 0 Å². The molecule has 0 saturated carbocycles. The molecule has 0 saturated heterocycles. The molecule has 1 aromatic carbocycles. The first-order chi connectivity index (χ1) is 17.4. The first-order valence-electron chi connectivity index (χ1n) is 14.1. The molecular formula is C27H48N4O3SSi. The zero-order chi connectivity index (χ0) is 26.4. The highest BCUT2D eigenvalue weighted by Gasteiger charge is 2.42. The summed E-state index contributed by atoms with van der Waals surface area (Å²) in [4.78, 5) is 0. The molecule has 204 valence electrons. The highest BCUT2D eigenvalue weighted by Crippen LogP contribution is 2.32. The van der Waals surface area contributed by atoms with E-state index < -0.39 is 23.4 Å². The van der Waals surface area contributed by atoms with Gasteiger partial charge in [-0.1, -0.05) is 109 Å². The zero-order valence-electron chi connectivity index (χ0n) is 23.2. The zero-order valence-corrected chi connectivity index (χ0v) is 25.0. The third-order valence-electron chi connectivity index (χ3n) is 7.53. The lowest BCUT2D eigenvalue weighted by molar-refractivity contribution is 0.161. The smallest absolute Gasteiger partial charge is 0.272 e. The summed E-state index contributed by atoms with van der Waals surface area (Å²) in [5.41, 5.74) is 0.644. The van der Waals surface area contributed by atoms with Crippen LogP contribution < -0.4 is 0 Å². The molecule has 0 unspecified atom stereocenters. The van der Waals surface area contributed by atoms with Crippen LogP contribution in [0.3, 0.4) is 0 Å². The predicted octanol–water partition coefficient (Wildman–Crippen LogP) is 7.14. The fourth-order valence-corrected chi connectivity index (χ4v) is 9.85. The summed E-state index contributed by atoms with van der Waals surface area (Å²) in [5, 5.41) is 11.2. The standard InChI is InChI=1S/C27H48N4O3SSi/c1-6-11-13-18-22-25(34-36(8-3,9-4)10-5)26(23-19-14-12-7-2)35(32,33)27-28-29-30-31(27)24-20-16-15-17-21-24/h15-17,20-21,25-26H,6-14,18-19,22-23H2,1-5H3/t25-,26-/m0/s1. The topological polar surface area (TPSA) is 87.0 Å². The highest BCUT2D eigenvalue weighted by molar-refractivity contribution is 7.92. The minimum atomic E-state index is -3.84. The van der Waals surface area contributed by atoms with Crippen LogP contribution in [0.2, 0.25) is 18.1 Å². The summed E-state index contributed by atoms with van der Waals surface area (Å²) >= 11 is 0. The Hall–Kier alpha value is -1.58. The van der Waals surface area contributed by atoms with Crippen molar-refractivity contribution >= 4 is 18.2 Å². The number of sulfone groups is 1. The summed E-state index contributed by atoms with van der Waals surface area (Å²) in [5.74, 6) is 0. The first-order valence-corrected chi connectivity index (χ1v) is 18.2. The minimum Gasteiger partial charge on any atom is -0.413 e. The van der Waals surface area contributed by atoms with Crippen molar-refractivity contribution in [2.24, 2.45) is 0 Å². The van der Waals surface area contributed by atoms with Gasteiger partial charge < -0.3 is 4.43 Å². The number of nitrogens with zero attached hydrogens (tertiary/aromatic N) is 4. The monoisotopic (exact) mass is 536 g/mol. The maximum atomic E-state index is 14.3. The molecule has 1 aromatic heterocycles. The lowest BCUT2D eigenvalue weighted by Gasteiger charge is -2.37. The molecule has 2 aromatic rings. The van der Waals surface area contributed by atoms with Gasteiger partial charge in [0.25, 0.3) is 5.16 Å². The van der Waals surface area contributed by atoms with E-state index in [-0.39, 0.29) is 11.3 Å². The number of hydrogen-bond acceptors (Lipinski definition) is 6. The third-order valence-corrected chi connectivity index (χ3v) is 14.3. The van der Waals surface area contributed by atoms with Crippen LogP contribution in [0.4, 0.5) is 0 Å². The van der Waals surface area contributed by atoms with Crippen LogP contribution in [0, 0.1) is 0 Å². The summed E-state index contributed by atoms with van der Waals surface area (Å²) in [6, 6.07) is 12.3. The number of para-hydroxylation sites is 1. The van der Waals surface area contributed by atoms with Gasteiger partial charge in [-0.15, -0.1) is 0 Å². The quantitative estimate of drug-likeness (QED) is 0.140. The number of rotatable bonds is 19. The minimum absolute atomic E-state index is 0.0758. The maximum Gasteiger partial charge on any atom is 0.272 e. The molecule has 2 atom stereocenters. The summed E-state index contributed by atoms with van der Waals surface area (Å²) in [6.07, 6.45) is 9.48. The van der Waals surface area contributed by atoms with E-state index in [1.807, 2.05) is 30.3 Å². The lowest BCUT2D eigenvalue weighted by Crippen LogP contribution is -2.47. The van der Waals surface area contributed by atoms with Gasteiger partial charge in [0.05, 0.1) is 17.0 Å². The number of tetrazole rings is 1. The van der Waals surface area contributed by atoms with Crippen LogP contribution in [-0.4, -0.2) is 48.3 Å². The van der Waals surface area contributed by atoms with Crippen LogP contribution in [0.25, 0.3) is 5.69 Å². The summed E-state index contributed by atoms with van der Waals surface area (Å²) in [7, 11) is -5.87. The average Bonchev–Trinajstić information content (AvgIpc) is 3.41. The molecule has 0 radical (unpaired) electrons. The van der Waals surface area contributed by atoms with E-state index in [0.29, 0.717) is 12.1 Å². The molecule has 36 heavy (non-hydrogen) atoms. The molecule has 0 bridgehead atoms. The van der Waals surface area contributed by atoms with Gasteiger partial charge in [-0.2, -0.15) is 4.68 Å². The molecular weight excluding hydrogens is 488 g/mol. The Labute approximate surface area is 220 Å². The Kier molecular flexibility index (Phi) is 13.3. The van der Waals surface area contributed by atoms with E-state index in [0.717, 1.165) is 75.9 Å². The normalized spacial score (nSPS) is 14.1. The van der Waals surface area contributed by atoms with Gasteiger partial charge in [0.2, 0.25) is 9.84 Å². The molecule has 0 aliphatic carbocycles. The molecule has 0 spiro atoms. The molecule has 9 heteroatoms. The van der Waals surface area contributed by atoms with Gasteiger partial charge >= 0.3 is 0 Å². The second kappa shape index (κ2) is 15.6. The number of benzene rings is 1. The van der Waals surface area contributed by atoms with Crippen molar-refractivity contribution in [2.45, 2.75) is 133 Å². The van der Waals surface area contributed by atoms with E-state index in [1.165, 1.54) is 4.68 Å². The molecule has 0 amide bonds. The summed E-state index contributed by atoms with van der Waals surface area (Å²) in [6.45, 7) is 11.0. The highest BCUT2D eigenvalue weighted by atomic mass is 32.2. The van der Waals surface area contributed by atoms with Gasteiger partial charge in [-0.25, -0.2) is 8.42 Å². The predicted molar refractivity (Wildman–Crippen MR) is 150 cm³/mol. The average molecular weight is 537 g/mol. The van der Waals surface area contributed by atoms with Gasteiger partial charge in [-0.3, -0.25) is 0 Å². The van der Waals surface area contributed by atoms with Gasteiger partial charge in [0.15, 0.2) is 8.32 Å². The molecule has 0 aliphatic rings. The Morgan fingerprint density at radius 2 is 1.42 bits per heavy atom. The van der Waals surface area contributed by atoms with E-state index in [9.17, 15) is 8.42 Å². The molecule has 2 rings (SSSR count). The van der Waals surface area contributed by atoms with Crippen molar-refractivity contribution in [1.29, 1.82) is 0 Å². The van der Waals surface area contributed by atoms with E-state index in [4.69, 9.17) is 4.43 Å². The van der Waals surface area contributed by atoms with Crippen molar-refractivity contribution in [3.8, 4) is 5.69 Å². The Bertz CT molecular complexity index is 956. The van der Waals surface area contributed by atoms with Crippen LogP contribution in [0.5, 0.6) is 0 Å². The van der Waals surface area contributed by atoms with Crippen molar-refractivity contribution in [1.82, 2.24) is 20.2 Å². The largest absolute Gasteiger partial charge is 0.413 e. The molecule has 0 N–H and O–H groups in total. The van der Waals surface area contributed by atoms with Gasteiger partial charge in [0.1, 0.15) is 0 Å². The fraction of sp³-hybridized carbons (Fsp3) is 0.741. The second-order valence-corrected chi connectivity index (χ2v) is 16.7. The Balaban J connectivity index is 2.50.